The number of anilines is 1. The van der Waals surface area contributed by atoms with Gasteiger partial charge in [0, 0.05) is 26.2 Å². The van der Waals surface area contributed by atoms with Crippen molar-refractivity contribution in [3.8, 4) is 0 Å². The molecule has 0 radical (unpaired) electrons. The number of rotatable bonds is 5. The van der Waals surface area contributed by atoms with Gasteiger partial charge in [-0.15, -0.1) is 0 Å². The van der Waals surface area contributed by atoms with Crippen molar-refractivity contribution in [1.82, 2.24) is 9.80 Å². The van der Waals surface area contributed by atoms with Crippen LogP contribution in [-0.4, -0.2) is 69.6 Å². The van der Waals surface area contributed by atoms with Crippen LogP contribution in [0.2, 0.25) is 0 Å². The monoisotopic (exact) mass is 339 g/mol. The average molecular weight is 339 g/mol. The van der Waals surface area contributed by atoms with Crippen molar-refractivity contribution in [2.75, 3.05) is 49.8 Å². The lowest BCUT2D eigenvalue weighted by Gasteiger charge is -2.35. The van der Waals surface area contributed by atoms with Gasteiger partial charge >= 0.3 is 0 Å². The standard InChI is InChI=1S/C16H25N3O3S/c1-4-17-8-10-18(11-9-17)16(20)13-19(23(3,21)22)15-7-5-6-14(2)12-15/h5-7,12H,4,8-11,13H2,1-3H3. The maximum atomic E-state index is 12.5. The van der Waals surface area contributed by atoms with Crippen LogP contribution in [0.1, 0.15) is 12.5 Å². The van der Waals surface area contributed by atoms with E-state index in [-0.39, 0.29) is 12.5 Å². The molecule has 1 fully saturated rings. The van der Waals surface area contributed by atoms with E-state index in [0.717, 1.165) is 31.5 Å². The molecule has 7 heteroatoms. The summed E-state index contributed by atoms with van der Waals surface area (Å²) in [5.74, 6) is -0.146. The number of aryl methyl sites for hydroxylation is 1. The summed E-state index contributed by atoms with van der Waals surface area (Å²) < 4.78 is 25.4. The van der Waals surface area contributed by atoms with E-state index in [1.54, 1.807) is 23.1 Å². The Kier molecular flexibility index (Phi) is 5.64. The Balaban J connectivity index is 2.11. The number of piperazine rings is 1. The first-order valence-corrected chi connectivity index (χ1v) is 9.70. The van der Waals surface area contributed by atoms with Crippen LogP contribution in [0.5, 0.6) is 0 Å². The molecule has 0 N–H and O–H groups in total. The Labute approximate surface area is 138 Å². The van der Waals surface area contributed by atoms with Crippen molar-refractivity contribution in [3.05, 3.63) is 29.8 Å². The fourth-order valence-electron chi connectivity index (χ4n) is 2.72. The predicted molar refractivity (Wildman–Crippen MR) is 92.1 cm³/mol. The maximum Gasteiger partial charge on any atom is 0.243 e. The molecule has 23 heavy (non-hydrogen) atoms. The molecule has 0 unspecified atom stereocenters. The molecule has 0 saturated carbocycles. The highest BCUT2D eigenvalue weighted by Gasteiger charge is 2.26. The minimum Gasteiger partial charge on any atom is -0.339 e. The lowest BCUT2D eigenvalue weighted by atomic mass is 10.2. The first-order valence-electron chi connectivity index (χ1n) is 7.85. The molecule has 2 rings (SSSR count). The van der Waals surface area contributed by atoms with E-state index < -0.39 is 10.0 Å². The largest absolute Gasteiger partial charge is 0.339 e. The molecule has 0 spiro atoms. The molecule has 1 saturated heterocycles. The van der Waals surface area contributed by atoms with Crippen LogP contribution in [-0.2, 0) is 14.8 Å². The zero-order chi connectivity index (χ0) is 17.0. The third-order valence-corrected chi connectivity index (χ3v) is 5.28. The van der Waals surface area contributed by atoms with Crippen LogP contribution >= 0.6 is 0 Å². The normalized spacial score (nSPS) is 16.4. The Morgan fingerprint density at radius 3 is 2.39 bits per heavy atom. The van der Waals surface area contributed by atoms with E-state index in [0.29, 0.717) is 18.8 Å². The molecular formula is C16H25N3O3S. The summed E-state index contributed by atoms with van der Waals surface area (Å²) in [6, 6.07) is 7.20. The number of carbonyl (C=O) groups is 1. The van der Waals surface area contributed by atoms with Gasteiger partial charge in [-0.1, -0.05) is 19.1 Å². The van der Waals surface area contributed by atoms with Gasteiger partial charge in [-0.25, -0.2) is 8.42 Å². The summed E-state index contributed by atoms with van der Waals surface area (Å²) in [6.45, 7) is 7.80. The number of nitrogens with zero attached hydrogens (tertiary/aromatic N) is 3. The number of benzene rings is 1. The van der Waals surface area contributed by atoms with Crippen LogP contribution < -0.4 is 4.31 Å². The second kappa shape index (κ2) is 7.31. The molecule has 128 valence electrons. The van der Waals surface area contributed by atoms with E-state index in [4.69, 9.17) is 0 Å². The zero-order valence-corrected chi connectivity index (χ0v) is 14.8. The first-order chi connectivity index (χ1) is 10.8. The Hall–Kier alpha value is -1.60. The van der Waals surface area contributed by atoms with Crippen molar-refractivity contribution in [3.63, 3.8) is 0 Å². The Bertz CT molecular complexity index is 652. The summed E-state index contributed by atoms with van der Waals surface area (Å²) >= 11 is 0. The molecule has 0 aromatic heterocycles. The van der Waals surface area contributed by atoms with Gasteiger partial charge < -0.3 is 9.80 Å². The fourth-order valence-corrected chi connectivity index (χ4v) is 3.56. The Morgan fingerprint density at radius 1 is 1.22 bits per heavy atom. The van der Waals surface area contributed by atoms with Crippen LogP contribution in [0, 0.1) is 6.92 Å². The maximum absolute atomic E-state index is 12.5. The fraction of sp³-hybridized carbons (Fsp3) is 0.562. The summed E-state index contributed by atoms with van der Waals surface area (Å²) in [7, 11) is -3.51. The van der Waals surface area contributed by atoms with Gasteiger partial charge in [-0.2, -0.15) is 0 Å². The van der Waals surface area contributed by atoms with Crippen molar-refractivity contribution >= 4 is 21.6 Å². The minimum absolute atomic E-state index is 0.144. The number of likely N-dealkylation sites (N-methyl/N-ethyl adjacent to an activating group) is 1. The van der Waals surface area contributed by atoms with Crippen molar-refractivity contribution in [1.29, 1.82) is 0 Å². The Morgan fingerprint density at radius 2 is 1.87 bits per heavy atom. The third kappa shape index (κ3) is 4.68. The van der Waals surface area contributed by atoms with Gasteiger partial charge in [-0.05, 0) is 31.2 Å². The van der Waals surface area contributed by atoms with Gasteiger partial charge in [0.15, 0.2) is 0 Å². The lowest BCUT2D eigenvalue weighted by Crippen LogP contribution is -2.51. The van der Waals surface area contributed by atoms with Gasteiger partial charge in [0.1, 0.15) is 6.54 Å². The molecule has 0 bridgehead atoms. The van der Waals surface area contributed by atoms with Gasteiger partial charge in [0.2, 0.25) is 15.9 Å². The van der Waals surface area contributed by atoms with E-state index >= 15 is 0 Å². The summed E-state index contributed by atoms with van der Waals surface area (Å²) in [4.78, 5) is 16.5. The van der Waals surface area contributed by atoms with Crippen molar-refractivity contribution in [2.45, 2.75) is 13.8 Å². The number of sulfonamides is 1. The molecule has 1 heterocycles. The highest BCUT2D eigenvalue weighted by atomic mass is 32.2. The number of amides is 1. The van der Waals surface area contributed by atoms with Gasteiger partial charge in [0.05, 0.1) is 11.9 Å². The summed E-state index contributed by atoms with van der Waals surface area (Å²) in [5, 5.41) is 0. The van der Waals surface area contributed by atoms with E-state index in [1.807, 2.05) is 13.0 Å². The molecule has 1 aromatic rings. The van der Waals surface area contributed by atoms with Crippen LogP contribution in [0.25, 0.3) is 0 Å². The van der Waals surface area contributed by atoms with Crippen LogP contribution in [0.4, 0.5) is 5.69 Å². The SMILES string of the molecule is CCN1CCN(C(=O)CN(c2cccc(C)c2)S(C)(=O)=O)CC1. The van der Waals surface area contributed by atoms with E-state index in [1.165, 1.54) is 4.31 Å². The molecule has 1 aromatic carbocycles. The summed E-state index contributed by atoms with van der Waals surface area (Å²) in [6.07, 6.45) is 1.14. The number of carbonyl (C=O) groups excluding carboxylic acids is 1. The molecule has 1 aliphatic heterocycles. The lowest BCUT2D eigenvalue weighted by molar-refractivity contribution is -0.131. The van der Waals surface area contributed by atoms with Crippen molar-refractivity contribution < 1.29 is 13.2 Å². The van der Waals surface area contributed by atoms with Crippen molar-refractivity contribution in [2.24, 2.45) is 0 Å². The highest BCUT2D eigenvalue weighted by molar-refractivity contribution is 7.92. The molecule has 1 amide bonds. The van der Waals surface area contributed by atoms with E-state index in [2.05, 4.69) is 11.8 Å². The van der Waals surface area contributed by atoms with Crippen LogP contribution in [0.15, 0.2) is 24.3 Å². The zero-order valence-electron chi connectivity index (χ0n) is 14.0. The molecule has 1 aliphatic rings. The molecule has 0 atom stereocenters. The highest BCUT2D eigenvalue weighted by Crippen LogP contribution is 2.19. The van der Waals surface area contributed by atoms with Gasteiger partial charge in [-0.3, -0.25) is 9.10 Å². The molecule has 0 aliphatic carbocycles. The quantitative estimate of drug-likeness (QED) is 0.800. The third-order valence-electron chi connectivity index (χ3n) is 4.14. The summed E-state index contributed by atoms with van der Waals surface area (Å²) in [5.41, 5.74) is 1.49. The number of hydrogen-bond donors (Lipinski definition) is 0. The second-order valence-electron chi connectivity index (χ2n) is 5.92. The van der Waals surface area contributed by atoms with Gasteiger partial charge in [0.25, 0.3) is 0 Å². The molecule has 6 nitrogen and oxygen atoms in total. The first kappa shape index (κ1) is 17.7. The van der Waals surface area contributed by atoms with E-state index in [9.17, 15) is 13.2 Å². The minimum atomic E-state index is -3.51. The second-order valence-corrected chi connectivity index (χ2v) is 7.83. The topological polar surface area (TPSA) is 60.9 Å². The van der Waals surface area contributed by atoms with Crippen LogP contribution in [0.3, 0.4) is 0 Å². The number of hydrogen-bond acceptors (Lipinski definition) is 4. The average Bonchev–Trinajstić information content (AvgIpc) is 2.51. The smallest absolute Gasteiger partial charge is 0.243 e. The predicted octanol–water partition coefficient (Wildman–Crippen LogP) is 0.925. The molecular weight excluding hydrogens is 314 g/mol.